The number of rotatable bonds is 4. The van der Waals surface area contributed by atoms with Crippen molar-refractivity contribution in [2.45, 2.75) is 13.3 Å². The number of fused-ring (bicyclic) bond motifs is 1. The van der Waals surface area contributed by atoms with Crippen LogP contribution < -0.4 is 10.6 Å². The fraction of sp³-hybridized carbons (Fsp3) is 0.167. The summed E-state index contributed by atoms with van der Waals surface area (Å²) in [6.07, 6.45) is 2.71. The summed E-state index contributed by atoms with van der Waals surface area (Å²) in [5.74, 6) is -0.328. The molecule has 0 saturated carbocycles. The molecule has 2 amide bonds. The average Bonchev–Trinajstić information content (AvgIpc) is 2.92. The lowest BCUT2D eigenvalue weighted by atomic mass is 10.1. The fourth-order valence-corrected chi connectivity index (χ4v) is 2.52. The van der Waals surface area contributed by atoms with Crippen LogP contribution in [0.1, 0.15) is 11.1 Å². The molecular weight excluding hydrogens is 293 g/mol. The van der Waals surface area contributed by atoms with Crippen molar-refractivity contribution in [1.29, 1.82) is 0 Å². The average molecular weight is 311 g/mol. The van der Waals surface area contributed by atoms with Gasteiger partial charge in [-0.3, -0.25) is 0 Å². The largest absolute Gasteiger partial charge is 0.361 e. The Hall–Kier alpha value is -2.82. The van der Waals surface area contributed by atoms with Crippen LogP contribution in [0.15, 0.2) is 48.7 Å². The van der Waals surface area contributed by atoms with Crippen LogP contribution >= 0.6 is 0 Å². The second-order valence-electron chi connectivity index (χ2n) is 5.50. The van der Waals surface area contributed by atoms with Gasteiger partial charge in [-0.15, -0.1) is 0 Å². The van der Waals surface area contributed by atoms with Gasteiger partial charge in [-0.2, -0.15) is 0 Å². The first-order valence-electron chi connectivity index (χ1n) is 7.49. The molecule has 3 rings (SSSR count). The van der Waals surface area contributed by atoms with Crippen molar-refractivity contribution in [2.75, 3.05) is 11.9 Å². The molecule has 118 valence electrons. The van der Waals surface area contributed by atoms with Crippen molar-refractivity contribution in [3.63, 3.8) is 0 Å². The van der Waals surface area contributed by atoms with Crippen LogP contribution in [0.25, 0.3) is 10.9 Å². The highest BCUT2D eigenvalue weighted by atomic mass is 19.1. The van der Waals surface area contributed by atoms with Gasteiger partial charge in [0, 0.05) is 29.3 Å². The molecule has 4 nitrogen and oxygen atoms in total. The molecule has 1 heterocycles. The van der Waals surface area contributed by atoms with Gasteiger partial charge in [0.1, 0.15) is 5.82 Å². The first-order valence-corrected chi connectivity index (χ1v) is 7.49. The number of amides is 2. The molecule has 3 N–H and O–H groups in total. The Labute approximate surface area is 133 Å². The third kappa shape index (κ3) is 3.69. The summed E-state index contributed by atoms with van der Waals surface area (Å²) in [7, 11) is 0. The Bertz CT molecular complexity index is 824. The lowest BCUT2D eigenvalue weighted by Crippen LogP contribution is -2.30. The van der Waals surface area contributed by atoms with Crippen molar-refractivity contribution in [3.05, 3.63) is 65.6 Å². The van der Waals surface area contributed by atoms with Crippen LogP contribution in [0.5, 0.6) is 0 Å². The predicted octanol–water partition coefficient (Wildman–Crippen LogP) is 3.98. The molecule has 5 heteroatoms. The molecule has 0 bridgehead atoms. The minimum absolute atomic E-state index is 0.298. The van der Waals surface area contributed by atoms with Crippen LogP contribution in [-0.2, 0) is 6.42 Å². The van der Waals surface area contributed by atoms with Gasteiger partial charge in [0.15, 0.2) is 0 Å². The molecule has 2 aromatic carbocycles. The third-order valence-corrected chi connectivity index (χ3v) is 3.70. The summed E-state index contributed by atoms with van der Waals surface area (Å²) in [4.78, 5) is 15.1. The first-order chi connectivity index (χ1) is 11.1. The smallest absolute Gasteiger partial charge is 0.319 e. The number of benzene rings is 2. The standard InChI is InChI=1S/C18H18FN3O/c1-12-2-7-17-16(10-12)13(11-21-17)8-9-20-18(23)22-15-5-3-14(19)4-6-15/h2-7,10-11,21H,8-9H2,1H3,(H2,20,22,23). The van der Waals surface area contributed by atoms with Crippen molar-refractivity contribution in [2.24, 2.45) is 0 Å². The number of carbonyl (C=O) groups is 1. The topological polar surface area (TPSA) is 56.9 Å². The minimum Gasteiger partial charge on any atom is -0.361 e. The zero-order valence-corrected chi connectivity index (χ0v) is 12.8. The van der Waals surface area contributed by atoms with Crippen LogP contribution in [0.4, 0.5) is 14.9 Å². The number of aromatic nitrogens is 1. The molecule has 23 heavy (non-hydrogen) atoms. The maximum Gasteiger partial charge on any atom is 0.319 e. The molecule has 0 saturated heterocycles. The van der Waals surface area contributed by atoms with Crippen LogP contribution in [0.2, 0.25) is 0 Å². The third-order valence-electron chi connectivity index (χ3n) is 3.70. The van der Waals surface area contributed by atoms with E-state index in [4.69, 9.17) is 0 Å². The van der Waals surface area contributed by atoms with Crippen LogP contribution in [0, 0.1) is 12.7 Å². The number of aromatic amines is 1. The van der Waals surface area contributed by atoms with Gasteiger partial charge in [-0.05, 0) is 55.3 Å². The summed E-state index contributed by atoms with van der Waals surface area (Å²) >= 11 is 0. The summed E-state index contributed by atoms with van der Waals surface area (Å²) in [5, 5.41) is 6.66. The molecule has 0 fully saturated rings. The van der Waals surface area contributed by atoms with E-state index in [1.54, 1.807) is 0 Å². The Balaban J connectivity index is 1.55. The van der Waals surface area contributed by atoms with Crippen LogP contribution in [0.3, 0.4) is 0 Å². The van der Waals surface area contributed by atoms with E-state index < -0.39 is 0 Å². The van der Waals surface area contributed by atoms with Gasteiger partial charge in [0.25, 0.3) is 0 Å². The Morgan fingerprint density at radius 1 is 1.17 bits per heavy atom. The maximum absolute atomic E-state index is 12.8. The normalized spacial score (nSPS) is 10.7. The number of H-pyrrole nitrogens is 1. The monoisotopic (exact) mass is 311 g/mol. The number of anilines is 1. The molecule has 0 aliphatic heterocycles. The van der Waals surface area contributed by atoms with E-state index in [0.717, 1.165) is 11.9 Å². The maximum atomic E-state index is 12.8. The Morgan fingerprint density at radius 2 is 1.96 bits per heavy atom. The fourth-order valence-electron chi connectivity index (χ4n) is 2.52. The molecule has 0 aliphatic rings. The van der Waals surface area contributed by atoms with E-state index in [1.165, 1.54) is 40.8 Å². The predicted molar refractivity (Wildman–Crippen MR) is 90.2 cm³/mol. The van der Waals surface area contributed by atoms with Gasteiger partial charge >= 0.3 is 6.03 Å². The van der Waals surface area contributed by atoms with Gasteiger partial charge in [0.05, 0.1) is 0 Å². The second kappa shape index (κ2) is 6.52. The van der Waals surface area contributed by atoms with E-state index in [-0.39, 0.29) is 11.8 Å². The SMILES string of the molecule is Cc1ccc2[nH]cc(CCNC(=O)Nc3ccc(F)cc3)c2c1. The van der Waals surface area contributed by atoms with E-state index in [2.05, 4.69) is 40.7 Å². The summed E-state index contributed by atoms with van der Waals surface area (Å²) < 4.78 is 12.8. The number of urea groups is 1. The highest BCUT2D eigenvalue weighted by Crippen LogP contribution is 2.19. The number of halogens is 1. The van der Waals surface area contributed by atoms with Crippen molar-refractivity contribution < 1.29 is 9.18 Å². The number of aryl methyl sites for hydroxylation is 1. The second-order valence-corrected chi connectivity index (χ2v) is 5.50. The number of nitrogens with one attached hydrogen (secondary N) is 3. The number of hydrogen-bond donors (Lipinski definition) is 3. The van der Waals surface area contributed by atoms with Gasteiger partial charge in [-0.25, -0.2) is 9.18 Å². The lowest BCUT2D eigenvalue weighted by Gasteiger charge is -2.07. The summed E-state index contributed by atoms with van der Waals surface area (Å²) in [5.41, 5.74) is 4.04. The molecule has 0 atom stereocenters. The molecule has 0 aliphatic carbocycles. The zero-order valence-electron chi connectivity index (χ0n) is 12.8. The zero-order chi connectivity index (χ0) is 16.2. The van der Waals surface area contributed by atoms with Crippen molar-refractivity contribution in [3.8, 4) is 0 Å². The van der Waals surface area contributed by atoms with Gasteiger partial charge in [-0.1, -0.05) is 11.6 Å². The Kier molecular flexibility index (Phi) is 4.28. The molecular formula is C18H18FN3O. The van der Waals surface area contributed by atoms with E-state index in [0.29, 0.717) is 12.2 Å². The highest BCUT2D eigenvalue weighted by molar-refractivity contribution is 5.89. The van der Waals surface area contributed by atoms with Gasteiger partial charge in [0.2, 0.25) is 0 Å². The summed E-state index contributed by atoms with van der Waals surface area (Å²) in [6.45, 7) is 2.58. The van der Waals surface area contributed by atoms with E-state index >= 15 is 0 Å². The number of carbonyl (C=O) groups excluding carboxylic acids is 1. The molecule has 3 aromatic rings. The lowest BCUT2D eigenvalue weighted by molar-refractivity contribution is 0.252. The minimum atomic E-state index is -0.328. The quantitative estimate of drug-likeness (QED) is 0.670. The molecule has 0 unspecified atom stereocenters. The van der Waals surface area contributed by atoms with E-state index in [9.17, 15) is 9.18 Å². The first kappa shape index (κ1) is 15.1. The van der Waals surface area contributed by atoms with Crippen LogP contribution in [-0.4, -0.2) is 17.6 Å². The molecule has 0 radical (unpaired) electrons. The summed E-state index contributed by atoms with van der Waals surface area (Å²) in [6, 6.07) is 11.6. The molecule has 0 spiro atoms. The molecule has 1 aromatic heterocycles. The van der Waals surface area contributed by atoms with Crippen molar-refractivity contribution in [1.82, 2.24) is 10.3 Å². The highest BCUT2D eigenvalue weighted by Gasteiger charge is 2.05. The van der Waals surface area contributed by atoms with Gasteiger partial charge < -0.3 is 15.6 Å². The number of hydrogen-bond acceptors (Lipinski definition) is 1. The van der Waals surface area contributed by atoms with E-state index in [1.807, 2.05) is 6.20 Å². The Morgan fingerprint density at radius 3 is 2.74 bits per heavy atom. The van der Waals surface area contributed by atoms with Crippen molar-refractivity contribution >= 4 is 22.6 Å².